The zero-order valence-electron chi connectivity index (χ0n) is 12.7. The Bertz CT molecular complexity index is 639. The number of nitrogens with two attached hydrogens (primary N) is 1. The molecule has 2 N–H and O–H groups in total. The summed E-state index contributed by atoms with van der Waals surface area (Å²) >= 11 is 14.1. The Hall–Kier alpha value is -0.710. The van der Waals surface area contributed by atoms with E-state index in [4.69, 9.17) is 33.7 Å². The Morgan fingerprint density at radius 2 is 1.86 bits per heavy atom. The van der Waals surface area contributed by atoms with Crippen LogP contribution in [0.3, 0.4) is 0 Å². The summed E-state index contributed by atoms with van der Waals surface area (Å²) in [5.41, 5.74) is 2.79. The van der Waals surface area contributed by atoms with Crippen LogP contribution in [0.15, 0.2) is 18.2 Å². The normalized spacial score (nSPS) is 17.0. The third kappa shape index (κ3) is 3.29. The van der Waals surface area contributed by atoms with Gasteiger partial charge in [-0.25, -0.2) is 0 Å². The molecule has 4 nitrogen and oxygen atoms in total. The predicted molar refractivity (Wildman–Crippen MR) is 96.5 cm³/mol. The van der Waals surface area contributed by atoms with Gasteiger partial charge in [-0.2, -0.15) is 5.26 Å². The number of halogens is 3. The number of carbonyl (C=O) groups excluding carboxylic acids is 1. The van der Waals surface area contributed by atoms with Gasteiger partial charge in [-0.15, -0.1) is 0 Å². The summed E-state index contributed by atoms with van der Waals surface area (Å²) in [4.78, 5) is 12.1. The van der Waals surface area contributed by atoms with E-state index < -0.39 is 20.3 Å². The molecule has 7 heteroatoms. The van der Waals surface area contributed by atoms with Crippen molar-refractivity contribution in [2.45, 2.75) is 36.7 Å². The molecule has 1 aromatic rings. The minimum Gasteiger partial charge on any atom is -0.474 e. The van der Waals surface area contributed by atoms with E-state index in [-0.39, 0.29) is 10.8 Å². The minimum absolute atomic E-state index is 0.242. The Morgan fingerprint density at radius 3 is 2.23 bits per heavy atom. The molecule has 1 aromatic carbocycles. The molecule has 0 aliphatic rings. The Labute approximate surface area is 154 Å². The van der Waals surface area contributed by atoms with E-state index in [9.17, 15) is 10.1 Å². The molecule has 2 unspecified atom stereocenters. The highest BCUT2D eigenvalue weighted by molar-refractivity contribution is 14.1. The van der Waals surface area contributed by atoms with Crippen molar-refractivity contribution in [3.8, 4) is 11.8 Å². The zero-order chi connectivity index (χ0) is 17.3. The molecule has 0 fully saturated rings. The second kappa shape index (κ2) is 6.42. The van der Waals surface area contributed by atoms with Crippen LogP contribution in [0, 0.1) is 16.7 Å². The van der Waals surface area contributed by atoms with Gasteiger partial charge >= 0.3 is 0 Å². The molecular formula is C15H17Cl2IN2O2. The average Bonchev–Trinajstić information content (AvgIpc) is 2.39. The maximum absolute atomic E-state index is 12.1. The van der Waals surface area contributed by atoms with E-state index in [1.54, 1.807) is 19.1 Å². The van der Waals surface area contributed by atoms with Crippen molar-refractivity contribution in [2.24, 2.45) is 11.1 Å². The molecule has 0 aliphatic heterocycles. The van der Waals surface area contributed by atoms with Crippen molar-refractivity contribution in [2.75, 3.05) is 0 Å². The number of ether oxygens (including phenoxy) is 1. The van der Waals surface area contributed by atoms with Gasteiger partial charge in [0.25, 0.3) is 5.91 Å². The molecule has 0 saturated carbocycles. The SMILES string of the molecule is CC(C)(I)C(C)(C#N)C(C)(Oc1ccc(Cl)cc1Cl)C(N)=O. The number of amides is 1. The van der Waals surface area contributed by atoms with Crippen LogP contribution in [0.4, 0.5) is 0 Å². The summed E-state index contributed by atoms with van der Waals surface area (Å²) in [6.07, 6.45) is 0. The first-order valence-corrected chi connectivity index (χ1v) is 8.26. The Balaban J connectivity index is 3.45. The molecule has 120 valence electrons. The molecule has 0 aromatic heterocycles. The summed E-state index contributed by atoms with van der Waals surface area (Å²) in [5.74, 6) is -0.498. The molecule has 0 heterocycles. The maximum Gasteiger partial charge on any atom is 0.263 e. The van der Waals surface area contributed by atoms with Crippen LogP contribution >= 0.6 is 45.8 Å². The summed E-state index contributed by atoms with van der Waals surface area (Å²) in [7, 11) is 0. The molecule has 0 saturated heterocycles. The van der Waals surface area contributed by atoms with Gasteiger partial charge in [-0.05, 0) is 45.9 Å². The van der Waals surface area contributed by atoms with Crippen molar-refractivity contribution < 1.29 is 9.53 Å². The van der Waals surface area contributed by atoms with Crippen LogP contribution in [0.5, 0.6) is 5.75 Å². The molecule has 1 amide bonds. The number of carbonyl (C=O) groups is 1. The standard InChI is InChI=1S/C15H17Cl2IN2O2/c1-13(2,18)14(3,8-19)15(4,12(20)21)22-11-6-5-9(16)7-10(11)17/h5-7H,1-4H3,(H2,20,21). The lowest BCUT2D eigenvalue weighted by Gasteiger charge is -2.46. The highest BCUT2D eigenvalue weighted by Gasteiger charge is 2.59. The summed E-state index contributed by atoms with van der Waals surface area (Å²) in [6, 6.07) is 6.82. The molecule has 0 bridgehead atoms. The second-order valence-electron chi connectivity index (χ2n) is 5.78. The van der Waals surface area contributed by atoms with Gasteiger partial charge in [0.15, 0.2) is 0 Å². The number of rotatable bonds is 5. The van der Waals surface area contributed by atoms with Gasteiger partial charge < -0.3 is 10.5 Å². The number of benzene rings is 1. The first kappa shape index (κ1) is 19.3. The minimum atomic E-state index is -1.58. The molecule has 1 rings (SSSR count). The van der Waals surface area contributed by atoms with Gasteiger partial charge in [0, 0.05) is 8.44 Å². The zero-order valence-corrected chi connectivity index (χ0v) is 16.4. The van der Waals surface area contributed by atoms with Crippen LogP contribution < -0.4 is 10.5 Å². The van der Waals surface area contributed by atoms with Gasteiger partial charge in [0.2, 0.25) is 5.60 Å². The number of hydrogen-bond donors (Lipinski definition) is 1. The first-order chi connectivity index (χ1) is 9.89. The largest absolute Gasteiger partial charge is 0.474 e. The number of primary amides is 1. The number of nitrogens with zero attached hydrogens (tertiary/aromatic N) is 1. The van der Waals surface area contributed by atoms with Crippen LogP contribution in [0.25, 0.3) is 0 Å². The van der Waals surface area contributed by atoms with Crippen molar-refractivity contribution in [3.05, 3.63) is 28.2 Å². The highest BCUT2D eigenvalue weighted by Crippen LogP contribution is 2.48. The lowest BCUT2D eigenvalue weighted by molar-refractivity contribution is -0.141. The lowest BCUT2D eigenvalue weighted by Crippen LogP contribution is -2.63. The van der Waals surface area contributed by atoms with Crippen LogP contribution in [0.1, 0.15) is 27.7 Å². The summed E-state index contributed by atoms with van der Waals surface area (Å²) in [5, 5.41) is 10.4. The second-order valence-corrected chi connectivity index (χ2v) is 9.32. The van der Waals surface area contributed by atoms with Gasteiger partial charge in [-0.3, -0.25) is 4.79 Å². The fourth-order valence-electron chi connectivity index (χ4n) is 1.98. The van der Waals surface area contributed by atoms with Crippen LogP contribution in [-0.4, -0.2) is 14.9 Å². The molecular weight excluding hydrogens is 438 g/mol. The van der Waals surface area contributed by atoms with Crippen molar-refractivity contribution in [1.29, 1.82) is 5.26 Å². The number of nitriles is 1. The monoisotopic (exact) mass is 454 g/mol. The first-order valence-electron chi connectivity index (χ1n) is 6.43. The lowest BCUT2D eigenvalue weighted by atomic mass is 9.67. The van der Waals surface area contributed by atoms with E-state index in [1.807, 2.05) is 13.8 Å². The Morgan fingerprint density at radius 1 is 1.32 bits per heavy atom. The molecule has 2 atom stereocenters. The van der Waals surface area contributed by atoms with E-state index >= 15 is 0 Å². The quantitative estimate of drug-likeness (QED) is 0.530. The smallest absolute Gasteiger partial charge is 0.263 e. The molecule has 22 heavy (non-hydrogen) atoms. The number of hydrogen-bond acceptors (Lipinski definition) is 3. The van der Waals surface area contributed by atoms with Gasteiger partial charge in [-0.1, -0.05) is 45.8 Å². The van der Waals surface area contributed by atoms with Gasteiger partial charge in [0.1, 0.15) is 11.2 Å². The number of alkyl halides is 1. The van der Waals surface area contributed by atoms with Crippen molar-refractivity contribution >= 4 is 51.7 Å². The van der Waals surface area contributed by atoms with Crippen molar-refractivity contribution in [1.82, 2.24) is 0 Å². The van der Waals surface area contributed by atoms with E-state index in [1.165, 1.54) is 13.0 Å². The van der Waals surface area contributed by atoms with Crippen molar-refractivity contribution in [3.63, 3.8) is 0 Å². The molecule has 0 radical (unpaired) electrons. The van der Waals surface area contributed by atoms with E-state index in [0.717, 1.165) is 0 Å². The summed E-state index contributed by atoms with van der Waals surface area (Å²) in [6.45, 7) is 6.83. The molecule has 0 spiro atoms. The maximum atomic E-state index is 12.1. The molecule has 0 aliphatic carbocycles. The average molecular weight is 455 g/mol. The fraction of sp³-hybridized carbons (Fsp3) is 0.467. The Kier molecular flexibility index (Phi) is 5.64. The van der Waals surface area contributed by atoms with E-state index in [0.29, 0.717) is 5.02 Å². The highest BCUT2D eigenvalue weighted by atomic mass is 127. The van der Waals surface area contributed by atoms with Gasteiger partial charge in [0.05, 0.1) is 11.1 Å². The summed E-state index contributed by atoms with van der Waals surface area (Å²) < 4.78 is 5.24. The fourth-order valence-corrected chi connectivity index (χ4v) is 3.07. The predicted octanol–water partition coefficient (Wildman–Crippen LogP) is 4.36. The third-order valence-electron chi connectivity index (χ3n) is 4.04. The topological polar surface area (TPSA) is 76.1 Å². The van der Waals surface area contributed by atoms with Crippen LogP contribution in [-0.2, 0) is 4.79 Å². The van der Waals surface area contributed by atoms with E-state index in [2.05, 4.69) is 28.7 Å². The van der Waals surface area contributed by atoms with Crippen LogP contribution in [0.2, 0.25) is 10.0 Å². The third-order valence-corrected chi connectivity index (χ3v) is 5.65.